The molecule has 2 nitrogen and oxygen atoms in total. The molecule has 1 heterocycles. The SMILES string of the molecule is O=C(Cc1ccco1)c1cccc(F)c1F. The van der Waals surface area contributed by atoms with E-state index in [1.54, 1.807) is 12.1 Å². The molecule has 4 heteroatoms. The van der Waals surface area contributed by atoms with E-state index in [2.05, 4.69) is 0 Å². The Bertz CT molecular complexity index is 504. The van der Waals surface area contributed by atoms with Crippen molar-refractivity contribution in [1.82, 2.24) is 0 Å². The van der Waals surface area contributed by atoms with Gasteiger partial charge in [0.1, 0.15) is 5.76 Å². The summed E-state index contributed by atoms with van der Waals surface area (Å²) in [5.74, 6) is -2.22. The number of carbonyl (C=O) groups excluding carboxylic acids is 1. The van der Waals surface area contributed by atoms with E-state index in [0.717, 1.165) is 6.07 Å². The van der Waals surface area contributed by atoms with Crippen LogP contribution in [0.3, 0.4) is 0 Å². The van der Waals surface area contributed by atoms with Crippen LogP contribution < -0.4 is 0 Å². The first-order valence-electron chi connectivity index (χ1n) is 4.68. The molecule has 82 valence electrons. The Hall–Kier alpha value is -1.97. The zero-order valence-corrected chi connectivity index (χ0v) is 8.24. The fourth-order valence-electron chi connectivity index (χ4n) is 1.39. The number of rotatable bonds is 3. The van der Waals surface area contributed by atoms with E-state index in [0.29, 0.717) is 5.76 Å². The first kappa shape index (κ1) is 10.5. The number of furan rings is 1. The lowest BCUT2D eigenvalue weighted by molar-refractivity contribution is 0.0982. The fourth-order valence-corrected chi connectivity index (χ4v) is 1.39. The Kier molecular flexibility index (Phi) is 2.81. The molecule has 0 spiro atoms. The van der Waals surface area contributed by atoms with Crippen molar-refractivity contribution in [2.24, 2.45) is 0 Å². The van der Waals surface area contributed by atoms with E-state index in [1.807, 2.05) is 0 Å². The van der Waals surface area contributed by atoms with Crippen molar-refractivity contribution in [1.29, 1.82) is 0 Å². The van der Waals surface area contributed by atoms with Crippen LogP contribution in [0.2, 0.25) is 0 Å². The lowest BCUT2D eigenvalue weighted by atomic mass is 10.1. The van der Waals surface area contributed by atoms with E-state index in [-0.39, 0.29) is 12.0 Å². The summed E-state index contributed by atoms with van der Waals surface area (Å²) < 4.78 is 31.1. The molecule has 0 aliphatic heterocycles. The van der Waals surface area contributed by atoms with Crippen molar-refractivity contribution >= 4 is 5.78 Å². The minimum Gasteiger partial charge on any atom is -0.469 e. The number of hydrogen-bond acceptors (Lipinski definition) is 2. The van der Waals surface area contributed by atoms with Crippen molar-refractivity contribution in [3.63, 3.8) is 0 Å². The van der Waals surface area contributed by atoms with Crippen molar-refractivity contribution in [2.45, 2.75) is 6.42 Å². The molecule has 0 amide bonds. The Labute approximate surface area is 90.5 Å². The van der Waals surface area contributed by atoms with Gasteiger partial charge in [-0.05, 0) is 24.3 Å². The molecule has 0 aliphatic carbocycles. The number of Topliss-reactive ketones (excluding diaryl/α,β-unsaturated/α-hetero) is 1. The van der Waals surface area contributed by atoms with Crippen LogP contribution in [0.1, 0.15) is 16.1 Å². The van der Waals surface area contributed by atoms with Crippen molar-refractivity contribution in [3.8, 4) is 0 Å². The van der Waals surface area contributed by atoms with Crippen molar-refractivity contribution in [3.05, 3.63) is 59.6 Å². The normalized spacial score (nSPS) is 10.4. The van der Waals surface area contributed by atoms with Gasteiger partial charge in [0, 0.05) is 0 Å². The number of halogens is 2. The predicted molar refractivity (Wildman–Crippen MR) is 53.1 cm³/mol. The molecule has 2 rings (SSSR count). The highest BCUT2D eigenvalue weighted by Gasteiger charge is 2.16. The average Bonchev–Trinajstić information content (AvgIpc) is 2.74. The number of ketones is 1. The molecule has 0 bridgehead atoms. The van der Waals surface area contributed by atoms with Crippen LogP contribution in [0.4, 0.5) is 8.78 Å². The summed E-state index contributed by atoms with van der Waals surface area (Å²) in [6.07, 6.45) is 1.35. The second kappa shape index (κ2) is 4.26. The largest absolute Gasteiger partial charge is 0.469 e. The van der Waals surface area contributed by atoms with Crippen LogP contribution in [0.25, 0.3) is 0 Å². The minimum atomic E-state index is -1.11. The quantitative estimate of drug-likeness (QED) is 0.747. The molecule has 0 unspecified atom stereocenters. The molecule has 1 aromatic carbocycles. The summed E-state index contributed by atoms with van der Waals surface area (Å²) in [6.45, 7) is 0. The molecule has 0 saturated carbocycles. The number of hydrogen-bond donors (Lipinski definition) is 0. The molecule has 0 radical (unpaired) electrons. The van der Waals surface area contributed by atoms with Crippen LogP contribution in [-0.4, -0.2) is 5.78 Å². The van der Waals surface area contributed by atoms with E-state index in [1.165, 1.54) is 18.4 Å². The van der Waals surface area contributed by atoms with E-state index in [9.17, 15) is 13.6 Å². The Balaban J connectivity index is 2.24. The second-order valence-electron chi connectivity index (χ2n) is 3.28. The molecule has 0 fully saturated rings. The standard InChI is InChI=1S/C12H8F2O2/c13-10-5-1-4-9(12(10)14)11(15)7-8-3-2-6-16-8/h1-6H,7H2. The van der Waals surface area contributed by atoms with Gasteiger partial charge >= 0.3 is 0 Å². The van der Waals surface area contributed by atoms with Gasteiger partial charge in [-0.25, -0.2) is 8.78 Å². The van der Waals surface area contributed by atoms with Gasteiger partial charge in [-0.15, -0.1) is 0 Å². The van der Waals surface area contributed by atoms with Crippen LogP contribution in [-0.2, 0) is 6.42 Å². The summed E-state index contributed by atoms with van der Waals surface area (Å²) in [6, 6.07) is 6.76. The summed E-state index contributed by atoms with van der Waals surface area (Å²) in [4.78, 5) is 11.6. The smallest absolute Gasteiger partial charge is 0.173 e. The molecule has 0 aliphatic rings. The topological polar surface area (TPSA) is 30.2 Å². The molecule has 0 atom stereocenters. The van der Waals surface area contributed by atoms with Gasteiger partial charge in [-0.1, -0.05) is 6.07 Å². The highest BCUT2D eigenvalue weighted by molar-refractivity contribution is 5.97. The maximum Gasteiger partial charge on any atom is 0.173 e. The lowest BCUT2D eigenvalue weighted by Gasteiger charge is -2.01. The van der Waals surface area contributed by atoms with Gasteiger partial charge in [-0.3, -0.25) is 4.79 Å². The van der Waals surface area contributed by atoms with Gasteiger partial charge < -0.3 is 4.42 Å². The zero-order valence-electron chi connectivity index (χ0n) is 8.24. The third kappa shape index (κ3) is 2.00. The maximum atomic E-state index is 13.3. The molecule has 1 aromatic heterocycles. The van der Waals surface area contributed by atoms with E-state index < -0.39 is 17.4 Å². The minimum absolute atomic E-state index is 0.0760. The van der Waals surface area contributed by atoms with Gasteiger partial charge in [0.15, 0.2) is 17.4 Å². The van der Waals surface area contributed by atoms with Crippen molar-refractivity contribution in [2.75, 3.05) is 0 Å². The van der Waals surface area contributed by atoms with Crippen LogP contribution in [0.5, 0.6) is 0 Å². The van der Waals surface area contributed by atoms with Gasteiger partial charge in [0.25, 0.3) is 0 Å². The molecule has 0 N–H and O–H groups in total. The average molecular weight is 222 g/mol. The van der Waals surface area contributed by atoms with Crippen molar-refractivity contribution < 1.29 is 18.0 Å². The Morgan fingerprint density at radius 1 is 1.19 bits per heavy atom. The fraction of sp³-hybridized carbons (Fsp3) is 0.0833. The Morgan fingerprint density at radius 3 is 2.69 bits per heavy atom. The monoisotopic (exact) mass is 222 g/mol. The third-order valence-corrected chi connectivity index (χ3v) is 2.17. The van der Waals surface area contributed by atoms with Gasteiger partial charge in [0.05, 0.1) is 18.2 Å². The van der Waals surface area contributed by atoms with E-state index in [4.69, 9.17) is 4.42 Å². The maximum absolute atomic E-state index is 13.3. The highest BCUT2D eigenvalue weighted by Crippen LogP contribution is 2.14. The summed E-state index contributed by atoms with van der Waals surface area (Å²) in [5.41, 5.74) is -0.253. The van der Waals surface area contributed by atoms with Crippen LogP contribution >= 0.6 is 0 Å². The van der Waals surface area contributed by atoms with Crippen LogP contribution in [0, 0.1) is 11.6 Å². The first-order chi connectivity index (χ1) is 7.68. The molecule has 16 heavy (non-hydrogen) atoms. The van der Waals surface area contributed by atoms with Gasteiger partial charge in [-0.2, -0.15) is 0 Å². The molecule has 0 saturated heterocycles. The molecule has 2 aromatic rings. The summed E-state index contributed by atoms with van der Waals surface area (Å²) in [7, 11) is 0. The number of carbonyl (C=O) groups is 1. The molecular weight excluding hydrogens is 214 g/mol. The van der Waals surface area contributed by atoms with E-state index >= 15 is 0 Å². The summed E-state index contributed by atoms with van der Waals surface area (Å²) >= 11 is 0. The first-order valence-corrected chi connectivity index (χ1v) is 4.68. The van der Waals surface area contributed by atoms with Crippen LogP contribution in [0.15, 0.2) is 41.0 Å². The third-order valence-electron chi connectivity index (χ3n) is 2.17. The second-order valence-corrected chi connectivity index (χ2v) is 3.28. The lowest BCUT2D eigenvalue weighted by Crippen LogP contribution is -2.06. The highest BCUT2D eigenvalue weighted by atomic mass is 19.2. The predicted octanol–water partition coefficient (Wildman–Crippen LogP) is 2.98. The van der Waals surface area contributed by atoms with Gasteiger partial charge in [0.2, 0.25) is 0 Å². The molecular formula is C12H8F2O2. The zero-order chi connectivity index (χ0) is 11.5. The number of benzene rings is 1. The summed E-state index contributed by atoms with van der Waals surface area (Å²) in [5, 5.41) is 0. The Morgan fingerprint density at radius 2 is 2.00 bits per heavy atom.